The molecule has 0 aromatic heterocycles. The van der Waals surface area contributed by atoms with Crippen LogP contribution in [-0.4, -0.2) is 17.7 Å². The summed E-state index contributed by atoms with van der Waals surface area (Å²) in [6.45, 7) is 11.1. The van der Waals surface area contributed by atoms with Crippen LogP contribution in [-0.2, 0) is 0 Å². The van der Waals surface area contributed by atoms with E-state index in [1.807, 2.05) is 6.07 Å². The first-order valence-corrected chi connectivity index (χ1v) is 7.65. The first-order chi connectivity index (χ1) is 9.42. The Balaban J connectivity index is 3.29. The monoisotopic (exact) mass is 281 g/mol. The highest BCUT2D eigenvalue weighted by molar-refractivity contribution is 5.56. The molecule has 1 aromatic rings. The molecule has 2 nitrogen and oxygen atoms in total. The molecule has 0 saturated heterocycles. The van der Waals surface area contributed by atoms with E-state index in [9.17, 15) is 9.50 Å². The second kappa shape index (κ2) is 7.63. The lowest BCUT2D eigenvalue weighted by molar-refractivity contribution is 0.194. The quantitative estimate of drug-likeness (QED) is 0.793. The highest BCUT2D eigenvalue weighted by atomic mass is 19.1. The maximum absolute atomic E-state index is 14.1. The molecule has 0 aliphatic rings. The molecule has 1 aromatic carbocycles. The smallest absolute Gasteiger partial charge is 0.131 e. The number of benzene rings is 1. The summed E-state index contributed by atoms with van der Waals surface area (Å²) in [7, 11) is 0. The number of hydrogen-bond donors (Lipinski definition) is 1. The molecule has 0 fully saturated rings. The van der Waals surface area contributed by atoms with Crippen molar-refractivity contribution in [1.29, 1.82) is 0 Å². The number of hydrogen-bond acceptors (Lipinski definition) is 2. The molecule has 0 heterocycles. The fourth-order valence-corrected chi connectivity index (χ4v) is 2.76. The van der Waals surface area contributed by atoms with Gasteiger partial charge in [-0.2, -0.15) is 0 Å². The van der Waals surface area contributed by atoms with Gasteiger partial charge in [0.25, 0.3) is 0 Å². The SMILES string of the molecule is CCC(CC)N(CC(C)C)c1cccc(F)c1[C@@H](C)O. The molecule has 0 spiro atoms. The van der Waals surface area contributed by atoms with E-state index in [2.05, 4.69) is 32.6 Å². The molecule has 1 atom stereocenters. The van der Waals surface area contributed by atoms with Gasteiger partial charge >= 0.3 is 0 Å². The molecular formula is C17H28FNO. The van der Waals surface area contributed by atoms with E-state index < -0.39 is 6.10 Å². The molecule has 0 amide bonds. The number of anilines is 1. The maximum Gasteiger partial charge on any atom is 0.131 e. The van der Waals surface area contributed by atoms with Crippen molar-refractivity contribution in [3.8, 4) is 0 Å². The second-order valence-electron chi connectivity index (χ2n) is 5.87. The molecule has 0 unspecified atom stereocenters. The standard InChI is InChI=1S/C17H28FNO/c1-6-14(7-2)19(11-12(3)4)16-10-8-9-15(18)17(16)13(5)20/h8-10,12-14,20H,6-7,11H2,1-5H3/t13-/m1/s1. The molecular weight excluding hydrogens is 253 g/mol. The van der Waals surface area contributed by atoms with E-state index in [1.165, 1.54) is 6.07 Å². The van der Waals surface area contributed by atoms with Gasteiger partial charge in [0.2, 0.25) is 0 Å². The van der Waals surface area contributed by atoms with Crippen molar-refractivity contribution in [1.82, 2.24) is 0 Å². The molecule has 0 saturated carbocycles. The lowest BCUT2D eigenvalue weighted by Crippen LogP contribution is -2.38. The second-order valence-corrected chi connectivity index (χ2v) is 5.87. The number of nitrogens with zero attached hydrogens (tertiary/aromatic N) is 1. The van der Waals surface area contributed by atoms with E-state index in [-0.39, 0.29) is 5.82 Å². The Morgan fingerprint density at radius 2 is 1.75 bits per heavy atom. The van der Waals surface area contributed by atoms with Crippen LogP contribution in [0.2, 0.25) is 0 Å². The van der Waals surface area contributed by atoms with Gasteiger partial charge in [-0.3, -0.25) is 0 Å². The highest BCUT2D eigenvalue weighted by Gasteiger charge is 2.23. The minimum Gasteiger partial charge on any atom is -0.389 e. The van der Waals surface area contributed by atoms with Crippen LogP contribution in [0.4, 0.5) is 10.1 Å². The predicted molar refractivity (Wildman–Crippen MR) is 83.6 cm³/mol. The van der Waals surface area contributed by atoms with Crippen molar-refractivity contribution in [2.24, 2.45) is 5.92 Å². The molecule has 1 rings (SSSR count). The van der Waals surface area contributed by atoms with Crippen molar-refractivity contribution < 1.29 is 9.50 Å². The predicted octanol–water partition coefficient (Wildman–Crippen LogP) is 4.53. The zero-order valence-corrected chi connectivity index (χ0v) is 13.4. The zero-order chi connectivity index (χ0) is 15.3. The summed E-state index contributed by atoms with van der Waals surface area (Å²) in [5.41, 5.74) is 1.25. The van der Waals surface area contributed by atoms with Gasteiger partial charge in [0.05, 0.1) is 6.10 Å². The summed E-state index contributed by atoms with van der Waals surface area (Å²) in [4.78, 5) is 2.26. The Morgan fingerprint density at radius 3 is 2.20 bits per heavy atom. The van der Waals surface area contributed by atoms with Gasteiger partial charge in [-0.1, -0.05) is 33.8 Å². The average Bonchev–Trinajstić information content (AvgIpc) is 2.37. The lowest BCUT2D eigenvalue weighted by atomic mass is 10.0. The molecule has 0 aliphatic carbocycles. The van der Waals surface area contributed by atoms with Gasteiger partial charge in [-0.15, -0.1) is 0 Å². The minimum absolute atomic E-state index is 0.322. The van der Waals surface area contributed by atoms with Crippen molar-refractivity contribution >= 4 is 5.69 Å². The van der Waals surface area contributed by atoms with Gasteiger partial charge in [-0.05, 0) is 37.8 Å². The van der Waals surface area contributed by atoms with Gasteiger partial charge in [0.1, 0.15) is 5.82 Å². The highest BCUT2D eigenvalue weighted by Crippen LogP contribution is 2.32. The average molecular weight is 281 g/mol. The summed E-state index contributed by atoms with van der Waals surface area (Å²) in [5.74, 6) is 0.165. The maximum atomic E-state index is 14.1. The van der Waals surface area contributed by atoms with Gasteiger partial charge in [-0.25, -0.2) is 4.39 Å². The Kier molecular flexibility index (Phi) is 6.47. The summed E-state index contributed by atoms with van der Waals surface area (Å²) in [6, 6.07) is 5.45. The normalized spacial score (nSPS) is 13.1. The molecule has 0 aliphatic heterocycles. The number of rotatable bonds is 7. The molecule has 0 bridgehead atoms. The number of halogens is 1. The van der Waals surface area contributed by atoms with Crippen LogP contribution >= 0.6 is 0 Å². The Morgan fingerprint density at radius 1 is 1.15 bits per heavy atom. The van der Waals surface area contributed by atoms with E-state index in [1.54, 1.807) is 13.0 Å². The third-order valence-electron chi connectivity index (χ3n) is 3.70. The van der Waals surface area contributed by atoms with Crippen LogP contribution in [0.15, 0.2) is 18.2 Å². The van der Waals surface area contributed by atoms with E-state index in [0.29, 0.717) is 17.5 Å². The summed E-state index contributed by atoms with van der Waals surface area (Å²) in [6.07, 6.45) is 1.23. The van der Waals surface area contributed by atoms with Crippen LogP contribution in [0.5, 0.6) is 0 Å². The molecule has 114 valence electrons. The summed E-state index contributed by atoms with van der Waals surface area (Å²) >= 11 is 0. The Labute approximate surface area is 122 Å². The first-order valence-electron chi connectivity index (χ1n) is 7.65. The van der Waals surface area contributed by atoms with Crippen LogP contribution in [0.3, 0.4) is 0 Å². The van der Waals surface area contributed by atoms with Crippen molar-refractivity contribution in [2.75, 3.05) is 11.4 Å². The van der Waals surface area contributed by atoms with E-state index in [0.717, 1.165) is 25.1 Å². The topological polar surface area (TPSA) is 23.5 Å². The zero-order valence-electron chi connectivity index (χ0n) is 13.4. The molecule has 1 N–H and O–H groups in total. The van der Waals surface area contributed by atoms with Gasteiger partial charge in [0.15, 0.2) is 0 Å². The van der Waals surface area contributed by atoms with Gasteiger partial charge < -0.3 is 10.0 Å². The van der Waals surface area contributed by atoms with E-state index in [4.69, 9.17) is 0 Å². The van der Waals surface area contributed by atoms with Crippen LogP contribution < -0.4 is 4.90 Å². The number of aliphatic hydroxyl groups is 1. The van der Waals surface area contributed by atoms with E-state index >= 15 is 0 Å². The van der Waals surface area contributed by atoms with Crippen molar-refractivity contribution in [3.63, 3.8) is 0 Å². The largest absolute Gasteiger partial charge is 0.389 e. The molecule has 0 radical (unpaired) electrons. The fourth-order valence-electron chi connectivity index (χ4n) is 2.76. The third-order valence-corrected chi connectivity index (χ3v) is 3.70. The van der Waals surface area contributed by atoms with Gasteiger partial charge in [0, 0.05) is 23.8 Å². The summed E-state index contributed by atoms with van der Waals surface area (Å²) < 4.78 is 14.1. The van der Waals surface area contributed by atoms with Crippen LogP contribution in [0.1, 0.15) is 59.1 Å². The third kappa shape index (κ3) is 3.95. The number of aliphatic hydroxyl groups excluding tert-OH is 1. The van der Waals surface area contributed by atoms with Crippen LogP contribution in [0.25, 0.3) is 0 Å². The minimum atomic E-state index is -0.796. The molecule has 3 heteroatoms. The van der Waals surface area contributed by atoms with Crippen molar-refractivity contribution in [3.05, 3.63) is 29.6 Å². The Bertz CT molecular complexity index is 413. The first kappa shape index (κ1) is 17.0. The summed E-state index contributed by atoms with van der Waals surface area (Å²) in [5, 5.41) is 9.93. The fraction of sp³-hybridized carbons (Fsp3) is 0.647. The Hall–Kier alpha value is -1.09. The molecule has 20 heavy (non-hydrogen) atoms. The van der Waals surface area contributed by atoms with Crippen molar-refractivity contribution in [2.45, 2.75) is 59.6 Å². The van der Waals surface area contributed by atoms with Crippen LogP contribution in [0, 0.1) is 11.7 Å². The lowest BCUT2D eigenvalue weighted by Gasteiger charge is -2.36.